The second-order valence-electron chi connectivity index (χ2n) is 5.17. The van der Waals surface area contributed by atoms with Gasteiger partial charge >= 0.3 is 0 Å². The Kier molecular flexibility index (Phi) is 5.03. The van der Waals surface area contributed by atoms with Gasteiger partial charge in [-0.25, -0.2) is 9.37 Å². The van der Waals surface area contributed by atoms with Crippen molar-refractivity contribution in [2.75, 3.05) is 6.61 Å². The molecule has 0 radical (unpaired) electrons. The number of carbonyl (C=O) groups excluding carboxylic acids is 1. The summed E-state index contributed by atoms with van der Waals surface area (Å²) >= 11 is 0. The molecule has 128 valence electrons. The van der Waals surface area contributed by atoms with Gasteiger partial charge in [-0.15, -0.1) is 0 Å². The van der Waals surface area contributed by atoms with Crippen LogP contribution in [0.5, 0.6) is 5.88 Å². The first-order valence-electron chi connectivity index (χ1n) is 7.75. The zero-order chi connectivity index (χ0) is 17.6. The van der Waals surface area contributed by atoms with Gasteiger partial charge < -0.3 is 14.6 Å². The smallest absolute Gasteiger partial charge is 0.290 e. The van der Waals surface area contributed by atoms with Crippen molar-refractivity contribution < 1.29 is 18.4 Å². The molecule has 0 aliphatic carbocycles. The first kappa shape index (κ1) is 16.6. The number of hydrogen-bond donors (Lipinski definition) is 1. The quantitative estimate of drug-likeness (QED) is 0.745. The molecule has 2 heterocycles. The molecule has 3 aromatic rings. The lowest BCUT2D eigenvalue weighted by Crippen LogP contribution is -2.22. The van der Waals surface area contributed by atoms with Gasteiger partial charge in [0.25, 0.3) is 5.91 Å². The maximum atomic E-state index is 13.3. The molecular weight excluding hydrogens is 325 g/mol. The average molecular weight is 341 g/mol. The standard InChI is InChI=1S/C18H16FN3O3/c1-2-24-18-13(6-4-8-20-18)11-21-17(23)16-10-15(22-25-16)12-5-3-7-14(19)9-12/h3-10H,2,11H2,1H3,(H,21,23). The van der Waals surface area contributed by atoms with Gasteiger partial charge in [-0.05, 0) is 25.1 Å². The molecule has 0 aliphatic heterocycles. The molecule has 0 bridgehead atoms. The zero-order valence-electron chi connectivity index (χ0n) is 13.5. The molecule has 1 amide bonds. The Morgan fingerprint density at radius 3 is 2.96 bits per heavy atom. The Balaban J connectivity index is 1.69. The van der Waals surface area contributed by atoms with E-state index >= 15 is 0 Å². The summed E-state index contributed by atoms with van der Waals surface area (Å²) in [6.45, 7) is 2.58. The van der Waals surface area contributed by atoms with E-state index in [0.29, 0.717) is 23.7 Å². The van der Waals surface area contributed by atoms with E-state index in [2.05, 4.69) is 15.5 Å². The average Bonchev–Trinajstić information content (AvgIpc) is 3.11. The number of pyridine rings is 1. The summed E-state index contributed by atoms with van der Waals surface area (Å²) < 4.78 is 23.7. The fourth-order valence-corrected chi connectivity index (χ4v) is 2.25. The molecule has 0 atom stereocenters. The minimum absolute atomic E-state index is 0.0427. The van der Waals surface area contributed by atoms with Crippen LogP contribution in [-0.4, -0.2) is 22.7 Å². The number of hydrogen-bond acceptors (Lipinski definition) is 5. The van der Waals surface area contributed by atoms with Gasteiger partial charge in [0.2, 0.25) is 11.6 Å². The SMILES string of the molecule is CCOc1ncccc1CNC(=O)c1cc(-c2cccc(F)c2)no1. The van der Waals surface area contributed by atoms with Crippen LogP contribution in [0.3, 0.4) is 0 Å². The van der Waals surface area contributed by atoms with Crippen molar-refractivity contribution in [3.05, 3.63) is 65.8 Å². The molecule has 25 heavy (non-hydrogen) atoms. The van der Waals surface area contributed by atoms with Crippen LogP contribution in [0.2, 0.25) is 0 Å². The Hall–Kier alpha value is -3.22. The van der Waals surface area contributed by atoms with E-state index in [1.165, 1.54) is 18.2 Å². The topological polar surface area (TPSA) is 77.2 Å². The summed E-state index contributed by atoms with van der Waals surface area (Å²) in [6.07, 6.45) is 1.62. The molecule has 0 aliphatic rings. The molecule has 1 aromatic carbocycles. The number of ether oxygens (including phenoxy) is 1. The number of carbonyl (C=O) groups is 1. The number of benzene rings is 1. The van der Waals surface area contributed by atoms with Crippen molar-refractivity contribution >= 4 is 5.91 Å². The molecule has 0 saturated heterocycles. The number of nitrogens with zero attached hydrogens (tertiary/aromatic N) is 2. The predicted octanol–water partition coefficient (Wildman–Crippen LogP) is 3.20. The first-order valence-corrected chi connectivity index (χ1v) is 7.75. The van der Waals surface area contributed by atoms with Gasteiger partial charge in [-0.1, -0.05) is 23.4 Å². The maximum absolute atomic E-state index is 13.3. The molecule has 6 nitrogen and oxygen atoms in total. The molecular formula is C18H16FN3O3. The minimum Gasteiger partial charge on any atom is -0.478 e. The molecule has 2 aromatic heterocycles. The number of aromatic nitrogens is 2. The number of nitrogens with one attached hydrogen (secondary N) is 1. The largest absolute Gasteiger partial charge is 0.478 e. The Morgan fingerprint density at radius 2 is 2.16 bits per heavy atom. The van der Waals surface area contributed by atoms with E-state index in [1.54, 1.807) is 24.4 Å². The molecule has 0 unspecified atom stereocenters. The number of halogens is 1. The van der Waals surface area contributed by atoms with Crippen molar-refractivity contribution in [1.29, 1.82) is 0 Å². The third-order valence-electron chi connectivity index (χ3n) is 3.42. The fraction of sp³-hybridized carbons (Fsp3) is 0.167. The van der Waals surface area contributed by atoms with Gasteiger partial charge in [-0.3, -0.25) is 4.79 Å². The van der Waals surface area contributed by atoms with Crippen molar-refractivity contribution in [3.8, 4) is 17.1 Å². The van der Waals surface area contributed by atoms with Crippen LogP contribution >= 0.6 is 0 Å². The van der Waals surface area contributed by atoms with Crippen LogP contribution in [0, 0.1) is 5.82 Å². The van der Waals surface area contributed by atoms with Gasteiger partial charge in [0.05, 0.1) is 6.61 Å². The van der Waals surface area contributed by atoms with E-state index in [-0.39, 0.29) is 18.1 Å². The Morgan fingerprint density at radius 1 is 1.28 bits per heavy atom. The van der Waals surface area contributed by atoms with Crippen molar-refractivity contribution in [2.24, 2.45) is 0 Å². The summed E-state index contributed by atoms with van der Waals surface area (Å²) in [7, 11) is 0. The summed E-state index contributed by atoms with van der Waals surface area (Å²) in [5, 5.41) is 6.53. The van der Waals surface area contributed by atoms with Crippen LogP contribution in [0.1, 0.15) is 23.0 Å². The molecule has 7 heteroatoms. The summed E-state index contributed by atoms with van der Waals surface area (Å²) in [4.78, 5) is 16.3. The van der Waals surface area contributed by atoms with Gasteiger partial charge in [0.15, 0.2) is 0 Å². The third-order valence-corrected chi connectivity index (χ3v) is 3.42. The monoisotopic (exact) mass is 341 g/mol. The van der Waals surface area contributed by atoms with E-state index in [1.807, 2.05) is 13.0 Å². The maximum Gasteiger partial charge on any atom is 0.290 e. The van der Waals surface area contributed by atoms with Gasteiger partial charge in [0, 0.05) is 29.9 Å². The Bertz CT molecular complexity index is 879. The zero-order valence-corrected chi connectivity index (χ0v) is 13.5. The van der Waals surface area contributed by atoms with Crippen LogP contribution in [0.25, 0.3) is 11.3 Å². The fourth-order valence-electron chi connectivity index (χ4n) is 2.25. The van der Waals surface area contributed by atoms with Gasteiger partial charge in [-0.2, -0.15) is 0 Å². The van der Waals surface area contributed by atoms with E-state index in [0.717, 1.165) is 5.56 Å². The highest BCUT2D eigenvalue weighted by atomic mass is 19.1. The predicted molar refractivity (Wildman–Crippen MR) is 88.5 cm³/mol. The highest BCUT2D eigenvalue weighted by molar-refractivity contribution is 5.92. The molecule has 1 N–H and O–H groups in total. The normalized spacial score (nSPS) is 10.5. The first-order chi connectivity index (χ1) is 12.2. The molecule has 3 rings (SSSR count). The van der Waals surface area contributed by atoms with Crippen LogP contribution < -0.4 is 10.1 Å². The highest BCUT2D eigenvalue weighted by Crippen LogP contribution is 2.20. The third kappa shape index (κ3) is 4.00. The molecule has 0 spiro atoms. The van der Waals surface area contributed by atoms with Crippen molar-refractivity contribution in [2.45, 2.75) is 13.5 Å². The molecule has 0 saturated carbocycles. The van der Waals surface area contributed by atoms with Crippen molar-refractivity contribution in [1.82, 2.24) is 15.5 Å². The second kappa shape index (κ2) is 7.57. The highest BCUT2D eigenvalue weighted by Gasteiger charge is 2.15. The second-order valence-corrected chi connectivity index (χ2v) is 5.17. The summed E-state index contributed by atoms with van der Waals surface area (Å²) in [5.41, 5.74) is 1.68. The minimum atomic E-state index is -0.429. The van der Waals surface area contributed by atoms with Crippen LogP contribution in [-0.2, 0) is 6.54 Å². The van der Waals surface area contributed by atoms with Gasteiger partial charge in [0.1, 0.15) is 11.5 Å². The lowest BCUT2D eigenvalue weighted by atomic mass is 10.1. The lowest BCUT2D eigenvalue weighted by molar-refractivity contribution is 0.0913. The van der Waals surface area contributed by atoms with Crippen LogP contribution in [0.4, 0.5) is 4.39 Å². The van der Waals surface area contributed by atoms with E-state index in [9.17, 15) is 9.18 Å². The molecule has 0 fully saturated rings. The summed E-state index contributed by atoms with van der Waals surface area (Å²) in [5.74, 6) is -0.294. The van der Waals surface area contributed by atoms with E-state index in [4.69, 9.17) is 9.26 Å². The lowest BCUT2D eigenvalue weighted by Gasteiger charge is -2.08. The number of rotatable bonds is 6. The number of amides is 1. The Labute approximate surface area is 143 Å². The summed E-state index contributed by atoms with van der Waals surface area (Å²) in [6, 6.07) is 11.0. The van der Waals surface area contributed by atoms with Crippen molar-refractivity contribution in [3.63, 3.8) is 0 Å². The van der Waals surface area contributed by atoms with Crippen LogP contribution in [0.15, 0.2) is 53.2 Å². The van der Waals surface area contributed by atoms with E-state index < -0.39 is 5.91 Å².